The van der Waals surface area contributed by atoms with Gasteiger partial charge in [0.15, 0.2) is 0 Å². The Morgan fingerprint density at radius 1 is 1.06 bits per heavy atom. The molecule has 0 saturated carbocycles. The van der Waals surface area contributed by atoms with Crippen LogP contribution in [0, 0.1) is 0 Å². The molecule has 0 radical (unpaired) electrons. The molecule has 2 aromatic heterocycles. The van der Waals surface area contributed by atoms with Gasteiger partial charge < -0.3 is 9.64 Å². The van der Waals surface area contributed by atoms with Gasteiger partial charge in [0.05, 0.1) is 30.5 Å². The van der Waals surface area contributed by atoms with E-state index in [1.807, 2.05) is 59.8 Å². The quantitative estimate of drug-likeness (QED) is 0.328. The van der Waals surface area contributed by atoms with Gasteiger partial charge in [-0.05, 0) is 60.1 Å². The van der Waals surface area contributed by atoms with Crippen molar-refractivity contribution in [1.29, 1.82) is 0 Å². The van der Waals surface area contributed by atoms with E-state index in [0.717, 1.165) is 58.6 Å². The average Bonchev–Trinajstić information content (AvgIpc) is 3.44. The maximum absolute atomic E-state index is 14.1. The van der Waals surface area contributed by atoms with Crippen LogP contribution in [0.25, 0.3) is 0 Å². The summed E-state index contributed by atoms with van der Waals surface area (Å²) in [6, 6.07) is 20.3. The van der Waals surface area contributed by atoms with Crippen LogP contribution in [0.15, 0.2) is 79.3 Å². The molecular formula is C30H32N4O2. The normalized spacial score (nSPS) is 14.9. The monoisotopic (exact) mass is 480 g/mol. The van der Waals surface area contributed by atoms with Crippen molar-refractivity contribution in [2.24, 2.45) is 0 Å². The molecule has 0 spiro atoms. The zero-order valence-corrected chi connectivity index (χ0v) is 20.9. The summed E-state index contributed by atoms with van der Waals surface area (Å²) in [5.41, 5.74) is 6.11. The number of fused-ring (bicyclic) bond motifs is 1. The lowest BCUT2D eigenvalue weighted by molar-refractivity contribution is -0.120. The summed E-state index contributed by atoms with van der Waals surface area (Å²) in [5, 5.41) is 6.94. The summed E-state index contributed by atoms with van der Waals surface area (Å²) in [6.07, 6.45) is 8.08. The third kappa shape index (κ3) is 5.18. The van der Waals surface area contributed by atoms with Crippen molar-refractivity contribution < 1.29 is 9.53 Å². The second-order valence-electron chi connectivity index (χ2n) is 9.67. The number of hydrogen-bond acceptors (Lipinski definition) is 4. The highest BCUT2D eigenvalue weighted by Crippen LogP contribution is 2.39. The number of amides is 1. The minimum Gasteiger partial charge on any atom is -0.489 e. The molecular weight excluding hydrogens is 448 g/mol. The van der Waals surface area contributed by atoms with Gasteiger partial charge in [-0.25, -0.2) is 0 Å². The molecule has 4 aromatic rings. The lowest BCUT2D eigenvalue weighted by Gasteiger charge is -2.31. The second-order valence-corrected chi connectivity index (χ2v) is 9.67. The van der Waals surface area contributed by atoms with E-state index >= 15 is 0 Å². The number of carbonyl (C=O) groups is 1. The number of rotatable bonds is 8. The fourth-order valence-electron chi connectivity index (χ4n) is 4.87. The fourth-order valence-corrected chi connectivity index (χ4v) is 4.87. The van der Waals surface area contributed by atoms with Gasteiger partial charge in [0.2, 0.25) is 5.91 Å². The Hall–Kier alpha value is -3.93. The van der Waals surface area contributed by atoms with E-state index in [1.54, 1.807) is 6.20 Å². The lowest BCUT2D eigenvalue weighted by atomic mass is 9.81. The van der Waals surface area contributed by atoms with Crippen molar-refractivity contribution in [1.82, 2.24) is 15.2 Å². The molecule has 1 N–H and O–H groups in total. The number of H-pyrrole nitrogens is 1. The van der Waals surface area contributed by atoms with Gasteiger partial charge in [-0.15, -0.1) is 0 Å². The van der Waals surface area contributed by atoms with Crippen molar-refractivity contribution >= 4 is 11.6 Å². The molecule has 0 aliphatic heterocycles. The third-order valence-corrected chi connectivity index (χ3v) is 6.84. The van der Waals surface area contributed by atoms with Crippen LogP contribution in [0.3, 0.4) is 0 Å². The van der Waals surface area contributed by atoms with E-state index in [1.165, 1.54) is 0 Å². The molecule has 6 heteroatoms. The van der Waals surface area contributed by atoms with E-state index in [9.17, 15) is 4.79 Å². The molecule has 2 aromatic carbocycles. The first kappa shape index (κ1) is 23.8. The van der Waals surface area contributed by atoms with Crippen LogP contribution in [0.1, 0.15) is 66.5 Å². The van der Waals surface area contributed by atoms with E-state index in [2.05, 4.69) is 47.2 Å². The van der Waals surface area contributed by atoms with Crippen molar-refractivity contribution in [3.8, 4) is 5.75 Å². The molecule has 36 heavy (non-hydrogen) atoms. The second kappa shape index (κ2) is 10.8. The number of nitrogens with one attached hydrogen (secondary N) is 1. The van der Waals surface area contributed by atoms with Crippen LogP contribution in [0.5, 0.6) is 5.75 Å². The summed E-state index contributed by atoms with van der Waals surface area (Å²) < 4.78 is 6.24. The van der Waals surface area contributed by atoms with Crippen LogP contribution >= 0.6 is 0 Å². The third-order valence-electron chi connectivity index (χ3n) is 6.84. The van der Waals surface area contributed by atoms with Crippen LogP contribution in [0.4, 0.5) is 5.69 Å². The van der Waals surface area contributed by atoms with E-state index in [4.69, 9.17) is 4.74 Å². The highest BCUT2D eigenvalue weighted by atomic mass is 16.5. The number of benzene rings is 2. The standard InChI is InChI=1S/C30H32N4O2/c1-21(2)28-15-14-24(18-31-28)34(19-23-16-32-33-17-23)30(35)27-12-6-11-26-25(27)10-7-13-29(26)36-20-22-8-4-3-5-9-22/h3-5,7-10,13-18,21,27H,6,11-12,19-20H2,1-2H3,(H,32,33). The van der Waals surface area contributed by atoms with Crippen molar-refractivity contribution in [3.63, 3.8) is 0 Å². The van der Waals surface area contributed by atoms with Gasteiger partial charge >= 0.3 is 0 Å². The van der Waals surface area contributed by atoms with Crippen LogP contribution in [0.2, 0.25) is 0 Å². The molecule has 5 rings (SSSR count). The molecule has 6 nitrogen and oxygen atoms in total. The Morgan fingerprint density at radius 3 is 2.64 bits per heavy atom. The number of pyridine rings is 1. The summed E-state index contributed by atoms with van der Waals surface area (Å²) in [5.74, 6) is 1.05. The smallest absolute Gasteiger partial charge is 0.234 e. The highest BCUT2D eigenvalue weighted by molar-refractivity contribution is 5.98. The largest absolute Gasteiger partial charge is 0.489 e. The number of aromatic amines is 1. The van der Waals surface area contributed by atoms with Crippen molar-refractivity contribution in [2.45, 2.75) is 58.1 Å². The molecule has 0 bridgehead atoms. The van der Waals surface area contributed by atoms with Crippen molar-refractivity contribution in [3.05, 3.63) is 107 Å². The Morgan fingerprint density at radius 2 is 1.92 bits per heavy atom. The zero-order valence-electron chi connectivity index (χ0n) is 20.9. The number of hydrogen-bond donors (Lipinski definition) is 1. The predicted molar refractivity (Wildman–Crippen MR) is 141 cm³/mol. The van der Waals surface area contributed by atoms with Gasteiger partial charge in [-0.3, -0.25) is 14.9 Å². The Kier molecular flexibility index (Phi) is 7.12. The summed E-state index contributed by atoms with van der Waals surface area (Å²) in [4.78, 5) is 20.6. The van der Waals surface area contributed by atoms with Crippen LogP contribution in [-0.4, -0.2) is 21.1 Å². The minimum atomic E-state index is -0.231. The SMILES string of the molecule is CC(C)c1ccc(N(Cc2cn[nH]c2)C(=O)C2CCCc3c(OCc4ccccc4)cccc32)cn1. The first-order chi connectivity index (χ1) is 17.6. The fraction of sp³-hybridized carbons (Fsp3) is 0.300. The van der Waals surface area contributed by atoms with Crippen molar-refractivity contribution in [2.75, 3.05) is 4.90 Å². The molecule has 1 amide bonds. The van der Waals surface area contributed by atoms with Gasteiger partial charge in [0.1, 0.15) is 12.4 Å². The van der Waals surface area contributed by atoms with Gasteiger partial charge in [0.25, 0.3) is 0 Å². The topological polar surface area (TPSA) is 71.1 Å². The van der Waals surface area contributed by atoms with Gasteiger partial charge in [-0.2, -0.15) is 5.10 Å². The Balaban J connectivity index is 1.43. The summed E-state index contributed by atoms with van der Waals surface area (Å²) in [7, 11) is 0. The van der Waals surface area contributed by atoms with Crippen LogP contribution < -0.4 is 9.64 Å². The molecule has 0 saturated heterocycles. The number of ether oxygens (including phenoxy) is 1. The Labute approximate surface area is 212 Å². The van der Waals surface area contributed by atoms with Gasteiger partial charge in [-0.1, -0.05) is 56.3 Å². The Bertz CT molecular complexity index is 1280. The molecule has 0 fully saturated rings. The molecule has 1 aliphatic carbocycles. The first-order valence-corrected chi connectivity index (χ1v) is 12.6. The maximum Gasteiger partial charge on any atom is 0.234 e. The molecule has 2 heterocycles. The summed E-state index contributed by atoms with van der Waals surface area (Å²) >= 11 is 0. The maximum atomic E-state index is 14.1. The molecule has 184 valence electrons. The van der Waals surface area contributed by atoms with E-state index in [-0.39, 0.29) is 11.8 Å². The number of carbonyl (C=O) groups excluding carboxylic acids is 1. The summed E-state index contributed by atoms with van der Waals surface area (Å²) in [6.45, 7) is 5.18. The van der Waals surface area contributed by atoms with E-state index < -0.39 is 0 Å². The number of aromatic nitrogens is 3. The predicted octanol–water partition coefficient (Wildman–Crippen LogP) is 6.16. The van der Waals surface area contributed by atoms with E-state index in [0.29, 0.717) is 19.1 Å². The minimum absolute atomic E-state index is 0.0801. The molecule has 1 unspecified atom stereocenters. The lowest BCUT2D eigenvalue weighted by Crippen LogP contribution is -2.36. The molecule has 1 aliphatic rings. The van der Waals surface area contributed by atoms with Gasteiger partial charge in [0, 0.05) is 17.5 Å². The first-order valence-electron chi connectivity index (χ1n) is 12.6. The molecule has 1 atom stereocenters. The zero-order chi connectivity index (χ0) is 24.9. The van der Waals surface area contributed by atoms with Crippen LogP contribution in [-0.2, 0) is 24.4 Å². The number of anilines is 1. The number of nitrogens with zero attached hydrogens (tertiary/aromatic N) is 3. The average molecular weight is 481 g/mol. The highest BCUT2D eigenvalue weighted by Gasteiger charge is 2.32.